The van der Waals surface area contributed by atoms with E-state index in [1.165, 1.54) is 0 Å². The number of nitrogens with one attached hydrogen (secondary N) is 1. The minimum Gasteiger partial charge on any atom is -0.337 e. The van der Waals surface area contributed by atoms with E-state index in [4.69, 9.17) is 0 Å². The normalized spacial score (nSPS) is 17.6. The van der Waals surface area contributed by atoms with Gasteiger partial charge in [-0.3, -0.25) is 4.79 Å². The summed E-state index contributed by atoms with van der Waals surface area (Å²) in [5, 5.41) is 9.04. The van der Waals surface area contributed by atoms with Crippen molar-refractivity contribution in [3.8, 4) is 5.69 Å². The van der Waals surface area contributed by atoms with Crippen LogP contribution in [0.1, 0.15) is 23.2 Å². The van der Waals surface area contributed by atoms with Gasteiger partial charge in [0.25, 0.3) is 5.91 Å². The van der Waals surface area contributed by atoms with Crippen LogP contribution in [0.4, 0.5) is 0 Å². The third-order valence-corrected chi connectivity index (χ3v) is 4.93. The number of nitrogens with zero attached hydrogens (tertiary/aromatic N) is 3. The second-order valence-corrected chi connectivity index (χ2v) is 6.60. The summed E-state index contributed by atoms with van der Waals surface area (Å²) in [7, 11) is 1.90. The van der Waals surface area contributed by atoms with Crippen LogP contribution in [0.5, 0.6) is 0 Å². The smallest absolute Gasteiger partial charge is 0.253 e. The van der Waals surface area contributed by atoms with Gasteiger partial charge < -0.3 is 10.2 Å². The third-order valence-electron chi connectivity index (χ3n) is 4.93. The number of carbonyl (C=O) groups is 1. The Labute approximate surface area is 147 Å². The van der Waals surface area contributed by atoms with Crippen molar-refractivity contribution in [3.05, 3.63) is 60.3 Å². The average molecular weight is 334 g/mol. The fourth-order valence-corrected chi connectivity index (χ4v) is 3.39. The van der Waals surface area contributed by atoms with Crippen LogP contribution < -0.4 is 5.32 Å². The molecule has 5 nitrogen and oxygen atoms in total. The number of likely N-dealkylation sites (N-methyl/N-ethyl adjacent to an activating group) is 1. The maximum atomic E-state index is 12.7. The molecule has 0 saturated carbocycles. The highest BCUT2D eigenvalue weighted by Gasteiger charge is 2.22. The summed E-state index contributed by atoms with van der Waals surface area (Å²) in [4.78, 5) is 14.6. The molecule has 1 unspecified atom stereocenters. The summed E-state index contributed by atoms with van der Waals surface area (Å²) >= 11 is 0. The predicted molar refractivity (Wildman–Crippen MR) is 99.1 cm³/mol. The molecule has 5 heteroatoms. The Hall–Kier alpha value is -2.66. The van der Waals surface area contributed by atoms with Gasteiger partial charge in [-0.15, -0.1) is 0 Å². The third kappa shape index (κ3) is 3.15. The van der Waals surface area contributed by atoms with Gasteiger partial charge in [-0.05, 0) is 49.7 Å². The maximum absolute atomic E-state index is 12.7. The monoisotopic (exact) mass is 334 g/mol. The molecule has 0 bridgehead atoms. The molecule has 128 valence electrons. The summed E-state index contributed by atoms with van der Waals surface area (Å²) in [5.41, 5.74) is 2.63. The number of amides is 1. The summed E-state index contributed by atoms with van der Waals surface area (Å²) in [6.07, 6.45) is 4.19. The Kier molecular flexibility index (Phi) is 4.24. The van der Waals surface area contributed by atoms with Gasteiger partial charge >= 0.3 is 0 Å². The standard InChI is InChI=1S/C20H22N4O/c1-23(18-6-4-12-21-13-18)20(25)15-8-10-17(11-9-15)24-14-16-5-2-3-7-19(16)22-24/h2-3,5,7-11,14,18,21H,4,6,12-13H2,1H3. The number of rotatable bonds is 3. The van der Waals surface area contributed by atoms with Crippen LogP contribution >= 0.6 is 0 Å². The lowest BCUT2D eigenvalue weighted by Crippen LogP contribution is -2.46. The molecule has 1 saturated heterocycles. The molecule has 1 aliphatic heterocycles. The van der Waals surface area contributed by atoms with Crippen LogP contribution in [0.15, 0.2) is 54.7 Å². The summed E-state index contributed by atoms with van der Waals surface area (Å²) in [6, 6.07) is 16.0. The highest BCUT2D eigenvalue weighted by atomic mass is 16.2. The molecule has 2 aromatic carbocycles. The van der Waals surface area contributed by atoms with E-state index >= 15 is 0 Å². The van der Waals surface area contributed by atoms with E-state index in [0.717, 1.165) is 42.5 Å². The first-order valence-electron chi connectivity index (χ1n) is 8.75. The molecule has 1 fully saturated rings. The Morgan fingerprint density at radius 3 is 2.72 bits per heavy atom. The first kappa shape index (κ1) is 15.8. The zero-order valence-electron chi connectivity index (χ0n) is 14.4. The lowest BCUT2D eigenvalue weighted by Gasteiger charge is -2.31. The van der Waals surface area contributed by atoms with E-state index in [1.807, 2.05) is 71.4 Å². The summed E-state index contributed by atoms with van der Waals surface area (Å²) < 4.78 is 1.85. The van der Waals surface area contributed by atoms with E-state index in [-0.39, 0.29) is 11.9 Å². The van der Waals surface area contributed by atoms with Crippen molar-refractivity contribution < 1.29 is 4.79 Å². The molecule has 1 aromatic heterocycles. The first-order chi connectivity index (χ1) is 12.2. The summed E-state index contributed by atoms with van der Waals surface area (Å²) in [5.74, 6) is 0.0749. The topological polar surface area (TPSA) is 50.2 Å². The molecule has 1 atom stereocenters. The summed E-state index contributed by atoms with van der Waals surface area (Å²) in [6.45, 7) is 1.92. The largest absolute Gasteiger partial charge is 0.337 e. The molecule has 1 N–H and O–H groups in total. The second kappa shape index (κ2) is 6.69. The zero-order chi connectivity index (χ0) is 17.2. The Morgan fingerprint density at radius 1 is 1.20 bits per heavy atom. The van der Waals surface area contributed by atoms with Gasteiger partial charge in [-0.1, -0.05) is 18.2 Å². The van der Waals surface area contributed by atoms with Gasteiger partial charge in [0.15, 0.2) is 0 Å². The van der Waals surface area contributed by atoms with Gasteiger partial charge in [0, 0.05) is 36.8 Å². The van der Waals surface area contributed by atoms with Crippen LogP contribution in [0.3, 0.4) is 0 Å². The number of piperidine rings is 1. The number of aromatic nitrogens is 2. The van der Waals surface area contributed by atoms with Gasteiger partial charge in [0.2, 0.25) is 0 Å². The molecule has 0 aliphatic carbocycles. The first-order valence-corrected chi connectivity index (χ1v) is 8.75. The Balaban J connectivity index is 1.53. The van der Waals surface area contributed by atoms with Crippen LogP contribution in [0.2, 0.25) is 0 Å². The molecule has 4 rings (SSSR count). The number of carbonyl (C=O) groups excluding carboxylic acids is 1. The molecule has 0 radical (unpaired) electrons. The van der Waals surface area contributed by atoms with E-state index in [1.54, 1.807) is 0 Å². The highest BCUT2D eigenvalue weighted by Crippen LogP contribution is 2.17. The SMILES string of the molecule is CN(C(=O)c1ccc(-n2cc3ccccc3n2)cc1)C1CCCNC1. The molecule has 1 amide bonds. The fraction of sp³-hybridized carbons (Fsp3) is 0.300. The quantitative estimate of drug-likeness (QED) is 0.801. The minimum absolute atomic E-state index is 0.0749. The van der Waals surface area contributed by atoms with Crippen molar-refractivity contribution in [1.82, 2.24) is 20.0 Å². The van der Waals surface area contributed by atoms with Crippen molar-refractivity contribution in [2.75, 3.05) is 20.1 Å². The van der Waals surface area contributed by atoms with Crippen molar-refractivity contribution in [1.29, 1.82) is 0 Å². The van der Waals surface area contributed by atoms with Crippen LogP contribution in [0.25, 0.3) is 16.6 Å². The van der Waals surface area contributed by atoms with Gasteiger partial charge in [-0.2, -0.15) is 5.10 Å². The number of benzene rings is 2. The average Bonchev–Trinajstić information content (AvgIpc) is 3.12. The van der Waals surface area contributed by atoms with E-state index in [0.29, 0.717) is 5.56 Å². The van der Waals surface area contributed by atoms with Crippen LogP contribution in [-0.2, 0) is 0 Å². The second-order valence-electron chi connectivity index (χ2n) is 6.60. The van der Waals surface area contributed by atoms with Crippen molar-refractivity contribution in [2.24, 2.45) is 0 Å². The zero-order valence-corrected chi connectivity index (χ0v) is 14.4. The minimum atomic E-state index is 0.0749. The Morgan fingerprint density at radius 2 is 2.00 bits per heavy atom. The molecule has 3 aromatic rings. The van der Waals surface area contributed by atoms with Crippen molar-refractivity contribution in [2.45, 2.75) is 18.9 Å². The van der Waals surface area contributed by atoms with Crippen LogP contribution in [-0.4, -0.2) is 46.8 Å². The molecule has 0 spiro atoms. The molecule has 2 heterocycles. The predicted octanol–water partition coefficient (Wildman–Crippen LogP) is 2.85. The van der Waals surface area contributed by atoms with Crippen LogP contribution in [0, 0.1) is 0 Å². The number of fused-ring (bicyclic) bond motifs is 1. The van der Waals surface area contributed by atoms with Gasteiger partial charge in [0.05, 0.1) is 11.2 Å². The van der Waals surface area contributed by atoms with Gasteiger partial charge in [0.1, 0.15) is 0 Å². The van der Waals surface area contributed by atoms with E-state index < -0.39 is 0 Å². The van der Waals surface area contributed by atoms with Gasteiger partial charge in [-0.25, -0.2) is 4.68 Å². The van der Waals surface area contributed by atoms with Crippen molar-refractivity contribution >= 4 is 16.8 Å². The Bertz CT molecular complexity index is 845. The maximum Gasteiger partial charge on any atom is 0.253 e. The molecule has 1 aliphatic rings. The molecular formula is C20H22N4O. The van der Waals surface area contributed by atoms with E-state index in [9.17, 15) is 4.79 Å². The number of hydrogen-bond donors (Lipinski definition) is 1. The van der Waals surface area contributed by atoms with E-state index in [2.05, 4.69) is 10.4 Å². The number of hydrogen-bond acceptors (Lipinski definition) is 3. The lowest BCUT2D eigenvalue weighted by molar-refractivity contribution is 0.0708. The molecular weight excluding hydrogens is 312 g/mol. The molecule has 25 heavy (non-hydrogen) atoms. The highest BCUT2D eigenvalue weighted by molar-refractivity contribution is 5.94. The lowest BCUT2D eigenvalue weighted by atomic mass is 10.1. The van der Waals surface area contributed by atoms with Crippen molar-refractivity contribution in [3.63, 3.8) is 0 Å². The fourth-order valence-electron chi connectivity index (χ4n) is 3.39.